The van der Waals surface area contributed by atoms with Crippen LogP contribution in [0.25, 0.3) is 10.9 Å². The first-order chi connectivity index (χ1) is 13.0. The first-order valence-electron chi connectivity index (χ1n) is 9.40. The van der Waals surface area contributed by atoms with Crippen molar-refractivity contribution >= 4 is 16.6 Å². The summed E-state index contributed by atoms with van der Waals surface area (Å²) >= 11 is 0. The predicted molar refractivity (Wildman–Crippen MR) is 105 cm³/mol. The van der Waals surface area contributed by atoms with Crippen LogP contribution in [0, 0.1) is 6.92 Å². The van der Waals surface area contributed by atoms with Gasteiger partial charge in [-0.15, -0.1) is 0 Å². The Morgan fingerprint density at radius 2 is 1.96 bits per heavy atom. The summed E-state index contributed by atoms with van der Waals surface area (Å²) in [6.45, 7) is 10.5. The molecule has 7 nitrogen and oxygen atoms in total. The van der Waals surface area contributed by atoms with E-state index in [1.807, 2.05) is 39.0 Å². The lowest BCUT2D eigenvalue weighted by Crippen LogP contribution is -2.46. The fourth-order valence-electron chi connectivity index (χ4n) is 3.56. The minimum Gasteiger partial charge on any atom is -0.449 e. The average Bonchev–Trinajstić information content (AvgIpc) is 3.07. The first kappa shape index (κ1) is 17.7. The van der Waals surface area contributed by atoms with Crippen LogP contribution < -0.4 is 10.5 Å². The topological polar surface area (TPSA) is 67.4 Å². The van der Waals surface area contributed by atoms with Crippen LogP contribution in [0.3, 0.4) is 0 Å². The molecular formula is C20H25N5O2. The van der Waals surface area contributed by atoms with Gasteiger partial charge in [-0.25, -0.2) is 9.97 Å². The van der Waals surface area contributed by atoms with E-state index in [4.69, 9.17) is 4.42 Å². The average molecular weight is 367 g/mol. The van der Waals surface area contributed by atoms with Crippen LogP contribution in [-0.2, 0) is 6.54 Å². The van der Waals surface area contributed by atoms with E-state index in [0.29, 0.717) is 11.3 Å². The molecule has 27 heavy (non-hydrogen) atoms. The van der Waals surface area contributed by atoms with Crippen molar-refractivity contribution in [2.24, 2.45) is 0 Å². The van der Waals surface area contributed by atoms with E-state index < -0.39 is 0 Å². The van der Waals surface area contributed by atoms with Crippen LogP contribution in [0.1, 0.15) is 31.5 Å². The van der Waals surface area contributed by atoms with Crippen molar-refractivity contribution in [2.75, 3.05) is 31.1 Å². The van der Waals surface area contributed by atoms with E-state index in [2.05, 4.69) is 19.8 Å². The molecule has 7 heteroatoms. The lowest BCUT2D eigenvalue weighted by Gasteiger charge is -2.35. The number of rotatable bonds is 4. The molecule has 0 N–H and O–H groups in total. The fourth-order valence-corrected chi connectivity index (χ4v) is 3.56. The van der Waals surface area contributed by atoms with E-state index in [1.165, 1.54) is 0 Å². The second-order valence-electron chi connectivity index (χ2n) is 7.37. The largest absolute Gasteiger partial charge is 0.449 e. The summed E-state index contributed by atoms with van der Waals surface area (Å²) in [7, 11) is 0. The smallest absolute Gasteiger partial charge is 0.261 e. The molecule has 1 aliphatic heterocycles. The number of hydrogen-bond donors (Lipinski definition) is 0. The van der Waals surface area contributed by atoms with Gasteiger partial charge < -0.3 is 9.32 Å². The van der Waals surface area contributed by atoms with Crippen LogP contribution in [-0.4, -0.2) is 45.6 Å². The normalized spacial score (nSPS) is 15.8. The Morgan fingerprint density at radius 3 is 2.63 bits per heavy atom. The maximum atomic E-state index is 12.6. The maximum Gasteiger partial charge on any atom is 0.261 e. The van der Waals surface area contributed by atoms with Crippen molar-refractivity contribution in [3.8, 4) is 0 Å². The molecule has 1 aromatic carbocycles. The highest BCUT2D eigenvalue weighted by Crippen LogP contribution is 2.21. The Kier molecular flexibility index (Phi) is 4.70. The maximum absolute atomic E-state index is 12.6. The van der Waals surface area contributed by atoms with Gasteiger partial charge in [0.25, 0.3) is 5.56 Å². The molecule has 1 aliphatic rings. The third-order valence-electron chi connectivity index (χ3n) is 5.11. The summed E-state index contributed by atoms with van der Waals surface area (Å²) < 4.78 is 6.96. The van der Waals surface area contributed by atoms with Gasteiger partial charge in [-0.1, -0.05) is 0 Å². The summed E-state index contributed by atoms with van der Waals surface area (Å²) in [4.78, 5) is 26.2. The summed E-state index contributed by atoms with van der Waals surface area (Å²) in [5.41, 5.74) is 2.88. The van der Waals surface area contributed by atoms with Crippen molar-refractivity contribution in [3.05, 3.63) is 52.7 Å². The molecule has 4 rings (SSSR count). The zero-order chi connectivity index (χ0) is 19.0. The molecule has 0 saturated carbocycles. The number of oxazole rings is 1. The zero-order valence-corrected chi connectivity index (χ0v) is 16.1. The summed E-state index contributed by atoms with van der Waals surface area (Å²) in [5.74, 6) is 0.712. The zero-order valence-electron chi connectivity index (χ0n) is 16.1. The highest BCUT2D eigenvalue weighted by Gasteiger charge is 2.19. The number of hydrogen-bond acceptors (Lipinski definition) is 6. The van der Waals surface area contributed by atoms with E-state index in [9.17, 15) is 4.79 Å². The monoisotopic (exact) mass is 367 g/mol. The SMILES string of the molecule is Cc1nc(CN2CCN(c3ccc4c(=O)n(C(C)C)cnc4c3)CC2)co1. The summed E-state index contributed by atoms with van der Waals surface area (Å²) in [6.07, 6.45) is 3.39. The molecule has 0 atom stereocenters. The Hall–Kier alpha value is -2.67. The highest BCUT2D eigenvalue weighted by molar-refractivity contribution is 5.81. The number of aromatic nitrogens is 3. The molecule has 0 radical (unpaired) electrons. The molecule has 0 aliphatic carbocycles. The number of fused-ring (bicyclic) bond motifs is 1. The van der Waals surface area contributed by atoms with E-state index in [1.54, 1.807) is 17.2 Å². The molecule has 0 spiro atoms. The highest BCUT2D eigenvalue weighted by atomic mass is 16.3. The van der Waals surface area contributed by atoms with Crippen LogP contribution in [0.15, 0.2) is 40.0 Å². The second-order valence-corrected chi connectivity index (χ2v) is 7.37. The van der Waals surface area contributed by atoms with Gasteiger partial charge in [-0.05, 0) is 32.0 Å². The van der Waals surface area contributed by atoms with Crippen LogP contribution in [0.2, 0.25) is 0 Å². The van der Waals surface area contributed by atoms with Crippen LogP contribution in [0.4, 0.5) is 5.69 Å². The van der Waals surface area contributed by atoms with Crippen molar-refractivity contribution in [3.63, 3.8) is 0 Å². The van der Waals surface area contributed by atoms with Gasteiger partial charge in [0.05, 0.1) is 22.9 Å². The fraction of sp³-hybridized carbons (Fsp3) is 0.450. The molecule has 0 unspecified atom stereocenters. The summed E-state index contributed by atoms with van der Waals surface area (Å²) in [6, 6.07) is 6.07. The number of benzene rings is 1. The standard InChI is InChI=1S/C20H25N5O2/c1-14(2)25-13-21-19-10-17(4-5-18(19)20(25)26)24-8-6-23(7-9-24)11-16-12-27-15(3)22-16/h4-5,10,12-14H,6-9,11H2,1-3H3. The van der Waals surface area contributed by atoms with E-state index in [-0.39, 0.29) is 11.6 Å². The molecule has 142 valence electrons. The number of anilines is 1. The Balaban J connectivity index is 1.47. The van der Waals surface area contributed by atoms with Crippen LogP contribution >= 0.6 is 0 Å². The third-order valence-corrected chi connectivity index (χ3v) is 5.11. The van der Waals surface area contributed by atoms with Gasteiger partial charge in [0.15, 0.2) is 5.89 Å². The molecule has 1 saturated heterocycles. The van der Waals surface area contributed by atoms with Gasteiger partial charge in [-0.2, -0.15) is 0 Å². The molecule has 0 amide bonds. The number of aryl methyl sites for hydroxylation is 1. The second kappa shape index (κ2) is 7.15. The van der Waals surface area contributed by atoms with Crippen molar-refractivity contribution in [1.29, 1.82) is 0 Å². The van der Waals surface area contributed by atoms with Gasteiger partial charge >= 0.3 is 0 Å². The van der Waals surface area contributed by atoms with Crippen LogP contribution in [0.5, 0.6) is 0 Å². The minimum absolute atomic E-state index is 0.0225. The quantitative estimate of drug-likeness (QED) is 0.706. The first-order valence-corrected chi connectivity index (χ1v) is 9.40. The predicted octanol–water partition coefficient (Wildman–Crippen LogP) is 2.60. The number of piperazine rings is 1. The molecular weight excluding hydrogens is 342 g/mol. The Labute approximate surface area is 158 Å². The molecule has 3 heterocycles. The third kappa shape index (κ3) is 3.60. The van der Waals surface area contributed by atoms with E-state index >= 15 is 0 Å². The van der Waals surface area contributed by atoms with Gasteiger partial charge in [0.1, 0.15) is 6.26 Å². The van der Waals surface area contributed by atoms with E-state index in [0.717, 1.165) is 49.6 Å². The Morgan fingerprint density at radius 1 is 1.19 bits per heavy atom. The minimum atomic E-state index is 0.0225. The lowest BCUT2D eigenvalue weighted by atomic mass is 10.2. The molecule has 2 aromatic heterocycles. The van der Waals surface area contributed by atoms with Crippen molar-refractivity contribution in [2.45, 2.75) is 33.4 Å². The van der Waals surface area contributed by atoms with Crippen molar-refractivity contribution in [1.82, 2.24) is 19.4 Å². The molecule has 1 fully saturated rings. The van der Waals surface area contributed by atoms with Gasteiger partial charge in [-0.3, -0.25) is 14.3 Å². The molecule has 3 aromatic rings. The molecule has 0 bridgehead atoms. The summed E-state index contributed by atoms with van der Waals surface area (Å²) in [5, 5.41) is 0.676. The Bertz CT molecular complexity index is 999. The van der Waals surface area contributed by atoms with Gasteiger partial charge in [0, 0.05) is 51.4 Å². The number of nitrogens with zero attached hydrogens (tertiary/aromatic N) is 5. The van der Waals surface area contributed by atoms with Crippen molar-refractivity contribution < 1.29 is 4.42 Å². The lowest BCUT2D eigenvalue weighted by molar-refractivity contribution is 0.247. The van der Waals surface area contributed by atoms with Gasteiger partial charge in [0.2, 0.25) is 0 Å².